The van der Waals surface area contributed by atoms with Crippen LogP contribution in [0.4, 0.5) is 0 Å². The average molecular weight is 366 g/mol. The number of carbonyl (C=O) groups excluding carboxylic acids is 1. The molecule has 1 saturated heterocycles. The van der Waals surface area contributed by atoms with Gasteiger partial charge in [-0.1, -0.05) is 18.2 Å². The van der Waals surface area contributed by atoms with E-state index in [1.165, 1.54) is 0 Å². The molecule has 0 radical (unpaired) electrons. The first kappa shape index (κ1) is 17.7. The number of oxazole rings is 1. The minimum atomic E-state index is -0.0513. The number of amides is 1. The van der Waals surface area contributed by atoms with E-state index < -0.39 is 0 Å². The number of benzene rings is 2. The highest BCUT2D eigenvalue weighted by Crippen LogP contribution is 2.25. The first-order valence-corrected chi connectivity index (χ1v) is 9.08. The maximum Gasteiger partial charge on any atom is 0.251 e. The van der Waals surface area contributed by atoms with Gasteiger partial charge in [-0.05, 0) is 41.8 Å². The summed E-state index contributed by atoms with van der Waals surface area (Å²) >= 11 is 0. The van der Waals surface area contributed by atoms with E-state index in [1.54, 1.807) is 7.11 Å². The van der Waals surface area contributed by atoms with E-state index in [0.717, 1.165) is 41.9 Å². The van der Waals surface area contributed by atoms with E-state index in [2.05, 4.69) is 10.3 Å². The molecule has 0 aliphatic carbocycles. The Labute approximate surface area is 157 Å². The highest BCUT2D eigenvalue weighted by molar-refractivity contribution is 5.94. The van der Waals surface area contributed by atoms with Crippen molar-refractivity contribution in [3.63, 3.8) is 0 Å². The molecular weight excluding hydrogens is 344 g/mol. The van der Waals surface area contributed by atoms with Crippen molar-refractivity contribution in [1.82, 2.24) is 10.3 Å². The van der Waals surface area contributed by atoms with Crippen LogP contribution in [-0.4, -0.2) is 37.8 Å². The van der Waals surface area contributed by atoms with E-state index >= 15 is 0 Å². The SMILES string of the molecule is COCc1nc2cc(-c3ccc(C(=O)NCC4CCOC4)cc3)ccc2o1. The molecule has 1 aromatic heterocycles. The van der Waals surface area contributed by atoms with Crippen molar-refractivity contribution in [3.8, 4) is 11.1 Å². The predicted octanol–water partition coefficient (Wildman–Crippen LogP) is 3.41. The maximum atomic E-state index is 12.3. The van der Waals surface area contributed by atoms with Crippen molar-refractivity contribution < 1.29 is 18.7 Å². The zero-order chi connectivity index (χ0) is 18.6. The summed E-state index contributed by atoms with van der Waals surface area (Å²) in [7, 11) is 1.61. The lowest BCUT2D eigenvalue weighted by Crippen LogP contribution is -2.29. The minimum Gasteiger partial charge on any atom is -0.438 e. The van der Waals surface area contributed by atoms with Crippen LogP contribution in [0.3, 0.4) is 0 Å². The first-order chi connectivity index (χ1) is 13.2. The third kappa shape index (κ3) is 4.02. The summed E-state index contributed by atoms with van der Waals surface area (Å²) in [5.41, 5.74) is 4.23. The van der Waals surface area contributed by atoms with Crippen molar-refractivity contribution in [2.75, 3.05) is 26.9 Å². The van der Waals surface area contributed by atoms with Crippen molar-refractivity contribution in [3.05, 3.63) is 53.9 Å². The number of aromatic nitrogens is 1. The Morgan fingerprint density at radius 1 is 1.22 bits per heavy atom. The van der Waals surface area contributed by atoms with Gasteiger partial charge in [0.1, 0.15) is 12.1 Å². The normalized spacial score (nSPS) is 16.7. The van der Waals surface area contributed by atoms with Gasteiger partial charge in [0.2, 0.25) is 5.89 Å². The van der Waals surface area contributed by atoms with Crippen LogP contribution in [0, 0.1) is 5.92 Å². The summed E-state index contributed by atoms with van der Waals surface area (Å²) in [5, 5.41) is 2.99. The van der Waals surface area contributed by atoms with E-state index in [4.69, 9.17) is 13.9 Å². The number of hydrogen-bond acceptors (Lipinski definition) is 5. The van der Waals surface area contributed by atoms with Crippen LogP contribution >= 0.6 is 0 Å². The molecule has 1 fully saturated rings. The molecule has 4 rings (SSSR count). The summed E-state index contributed by atoms with van der Waals surface area (Å²) in [4.78, 5) is 16.7. The van der Waals surface area contributed by atoms with Crippen LogP contribution in [0.2, 0.25) is 0 Å². The van der Waals surface area contributed by atoms with Gasteiger partial charge in [-0.15, -0.1) is 0 Å². The van der Waals surface area contributed by atoms with Crippen molar-refractivity contribution in [1.29, 1.82) is 0 Å². The van der Waals surface area contributed by atoms with E-state index in [0.29, 0.717) is 30.5 Å². The second-order valence-electron chi connectivity index (χ2n) is 6.74. The fourth-order valence-electron chi connectivity index (χ4n) is 3.24. The molecular formula is C21H22N2O4. The van der Waals surface area contributed by atoms with E-state index in [9.17, 15) is 4.79 Å². The Kier molecular flexibility index (Phi) is 5.18. The molecule has 2 aromatic carbocycles. The zero-order valence-electron chi connectivity index (χ0n) is 15.2. The Hall–Kier alpha value is -2.70. The van der Waals surface area contributed by atoms with Crippen LogP contribution < -0.4 is 5.32 Å². The maximum absolute atomic E-state index is 12.3. The molecule has 0 bridgehead atoms. The Balaban J connectivity index is 1.46. The molecule has 6 heteroatoms. The highest BCUT2D eigenvalue weighted by Gasteiger charge is 2.16. The smallest absolute Gasteiger partial charge is 0.251 e. The molecule has 1 aliphatic heterocycles. The van der Waals surface area contributed by atoms with Gasteiger partial charge in [0.25, 0.3) is 5.91 Å². The number of rotatable bonds is 6. The molecule has 1 atom stereocenters. The Morgan fingerprint density at radius 2 is 2.04 bits per heavy atom. The summed E-state index contributed by atoms with van der Waals surface area (Å²) in [6.07, 6.45) is 1.01. The van der Waals surface area contributed by atoms with Crippen LogP contribution in [0.15, 0.2) is 46.9 Å². The first-order valence-electron chi connectivity index (χ1n) is 9.08. The number of nitrogens with zero attached hydrogens (tertiary/aromatic N) is 1. The zero-order valence-corrected chi connectivity index (χ0v) is 15.2. The standard InChI is InChI=1S/C21H22N2O4/c1-25-13-20-23-18-10-17(6-7-19(18)27-20)15-2-4-16(5-3-15)21(24)22-11-14-8-9-26-12-14/h2-7,10,14H,8-9,11-13H2,1H3,(H,22,24). The number of carbonyl (C=O) groups is 1. The van der Waals surface area contributed by atoms with Crippen LogP contribution in [0.5, 0.6) is 0 Å². The third-order valence-electron chi connectivity index (χ3n) is 4.76. The van der Waals surface area contributed by atoms with Gasteiger partial charge in [0.05, 0.1) is 6.61 Å². The second kappa shape index (κ2) is 7.90. The van der Waals surface area contributed by atoms with Gasteiger partial charge in [-0.25, -0.2) is 4.98 Å². The van der Waals surface area contributed by atoms with Gasteiger partial charge in [-0.2, -0.15) is 0 Å². The molecule has 1 unspecified atom stereocenters. The Morgan fingerprint density at radius 3 is 2.78 bits per heavy atom. The van der Waals surface area contributed by atoms with Crippen molar-refractivity contribution >= 4 is 17.0 Å². The van der Waals surface area contributed by atoms with E-state index in [-0.39, 0.29) is 5.91 Å². The quantitative estimate of drug-likeness (QED) is 0.724. The van der Waals surface area contributed by atoms with Gasteiger partial charge in [0.15, 0.2) is 5.58 Å². The second-order valence-corrected chi connectivity index (χ2v) is 6.74. The molecule has 1 aliphatic rings. The number of fused-ring (bicyclic) bond motifs is 1. The number of methoxy groups -OCH3 is 1. The summed E-state index contributed by atoms with van der Waals surface area (Å²) in [5.74, 6) is 0.930. The Bertz CT molecular complexity index is 927. The molecule has 27 heavy (non-hydrogen) atoms. The summed E-state index contributed by atoms with van der Waals surface area (Å²) in [6.45, 7) is 2.53. The fraction of sp³-hybridized carbons (Fsp3) is 0.333. The van der Waals surface area contributed by atoms with Crippen LogP contribution in [0.1, 0.15) is 22.7 Å². The van der Waals surface area contributed by atoms with Gasteiger partial charge < -0.3 is 19.2 Å². The third-order valence-corrected chi connectivity index (χ3v) is 4.76. The van der Waals surface area contributed by atoms with Crippen molar-refractivity contribution in [2.24, 2.45) is 5.92 Å². The lowest BCUT2D eigenvalue weighted by atomic mass is 10.0. The molecule has 140 valence electrons. The summed E-state index contributed by atoms with van der Waals surface area (Å²) < 4.78 is 16.0. The number of ether oxygens (including phenoxy) is 2. The molecule has 0 spiro atoms. The molecule has 1 amide bonds. The number of hydrogen-bond donors (Lipinski definition) is 1. The lowest BCUT2D eigenvalue weighted by molar-refractivity contribution is 0.0945. The largest absolute Gasteiger partial charge is 0.438 e. The fourth-order valence-corrected chi connectivity index (χ4v) is 3.24. The highest BCUT2D eigenvalue weighted by atomic mass is 16.5. The molecule has 0 saturated carbocycles. The average Bonchev–Trinajstić information content (AvgIpc) is 3.35. The minimum absolute atomic E-state index is 0.0513. The molecule has 1 N–H and O–H groups in total. The lowest BCUT2D eigenvalue weighted by Gasteiger charge is -2.10. The van der Waals surface area contributed by atoms with Gasteiger partial charge in [-0.3, -0.25) is 4.79 Å². The van der Waals surface area contributed by atoms with Gasteiger partial charge >= 0.3 is 0 Å². The van der Waals surface area contributed by atoms with Gasteiger partial charge in [0, 0.05) is 31.7 Å². The van der Waals surface area contributed by atoms with Crippen molar-refractivity contribution in [2.45, 2.75) is 13.0 Å². The number of nitrogens with one attached hydrogen (secondary N) is 1. The topological polar surface area (TPSA) is 73.6 Å². The van der Waals surface area contributed by atoms with Crippen LogP contribution in [0.25, 0.3) is 22.2 Å². The predicted molar refractivity (Wildman–Crippen MR) is 101 cm³/mol. The van der Waals surface area contributed by atoms with Crippen LogP contribution in [-0.2, 0) is 16.1 Å². The molecule has 2 heterocycles. The monoisotopic (exact) mass is 366 g/mol. The summed E-state index contributed by atoms with van der Waals surface area (Å²) in [6, 6.07) is 13.5. The molecule has 3 aromatic rings. The van der Waals surface area contributed by atoms with E-state index in [1.807, 2.05) is 42.5 Å². The molecule has 6 nitrogen and oxygen atoms in total.